The Morgan fingerprint density at radius 1 is 1.15 bits per heavy atom. The van der Waals surface area contributed by atoms with Crippen LogP contribution < -0.4 is 14.8 Å². The third kappa shape index (κ3) is 3.22. The molecule has 0 atom stereocenters. The lowest BCUT2D eigenvalue weighted by Gasteiger charge is -2.08. The number of aromatic nitrogens is 3. The largest absolute Gasteiger partial charge is 0.497 e. The van der Waals surface area contributed by atoms with Crippen LogP contribution in [0.1, 0.15) is 10.5 Å². The number of hydrogen-bond acceptors (Lipinski definition) is 6. The maximum absolute atomic E-state index is 12.6. The molecular formula is C19H16N4O3S. The molecular weight excluding hydrogens is 364 g/mol. The minimum atomic E-state index is -0.310. The first-order valence-corrected chi connectivity index (χ1v) is 9.00. The lowest BCUT2D eigenvalue weighted by molar-refractivity contribution is 0.102. The van der Waals surface area contributed by atoms with Crippen LogP contribution in [0.4, 0.5) is 5.13 Å². The molecule has 0 spiro atoms. The maximum atomic E-state index is 12.6. The number of amides is 1. The monoisotopic (exact) mass is 380 g/mol. The van der Waals surface area contributed by atoms with Crippen LogP contribution in [-0.2, 0) is 0 Å². The van der Waals surface area contributed by atoms with Crippen molar-refractivity contribution < 1.29 is 14.3 Å². The number of nitrogens with one attached hydrogen (secondary N) is 2. The number of H-pyrrole nitrogens is 1. The number of ether oxygens (including phenoxy) is 2. The molecule has 27 heavy (non-hydrogen) atoms. The van der Waals surface area contributed by atoms with Gasteiger partial charge in [0.05, 0.1) is 25.4 Å². The molecule has 0 bridgehead atoms. The molecule has 1 amide bonds. The number of anilines is 1. The fourth-order valence-corrected chi connectivity index (χ4v) is 3.46. The van der Waals surface area contributed by atoms with Gasteiger partial charge < -0.3 is 9.47 Å². The zero-order valence-electron chi connectivity index (χ0n) is 14.6. The van der Waals surface area contributed by atoms with E-state index in [0.717, 1.165) is 16.5 Å². The Morgan fingerprint density at radius 3 is 2.81 bits per heavy atom. The van der Waals surface area contributed by atoms with Gasteiger partial charge in [-0.3, -0.25) is 15.2 Å². The standard InChI is InChI=1S/C19H16N4O3S/c1-25-11-7-8-12(16(9-11)26-2)15-10-27-19(20-15)21-18(24)17-13-5-3-4-6-14(13)22-23-17/h3-10H,1-2H3,(H,22,23)(H,20,21,24). The van der Waals surface area contributed by atoms with Crippen molar-refractivity contribution in [1.29, 1.82) is 0 Å². The van der Waals surface area contributed by atoms with Gasteiger partial charge in [-0.25, -0.2) is 4.98 Å². The van der Waals surface area contributed by atoms with E-state index in [4.69, 9.17) is 9.47 Å². The molecule has 4 aromatic rings. The van der Waals surface area contributed by atoms with Crippen molar-refractivity contribution in [3.05, 3.63) is 53.5 Å². The molecule has 8 heteroatoms. The Labute approximate surface area is 159 Å². The van der Waals surface area contributed by atoms with Crippen LogP contribution in [0.2, 0.25) is 0 Å². The van der Waals surface area contributed by atoms with E-state index in [2.05, 4.69) is 20.5 Å². The first-order chi connectivity index (χ1) is 13.2. The molecule has 2 N–H and O–H groups in total. The van der Waals surface area contributed by atoms with Gasteiger partial charge >= 0.3 is 0 Å². The summed E-state index contributed by atoms with van der Waals surface area (Å²) in [7, 11) is 3.19. The predicted molar refractivity (Wildman–Crippen MR) is 105 cm³/mol. The van der Waals surface area contributed by atoms with Gasteiger partial charge in [0, 0.05) is 22.4 Å². The lowest BCUT2D eigenvalue weighted by atomic mass is 10.1. The van der Waals surface area contributed by atoms with Crippen molar-refractivity contribution in [2.24, 2.45) is 0 Å². The summed E-state index contributed by atoms with van der Waals surface area (Å²) in [5.74, 6) is 1.04. The summed E-state index contributed by atoms with van der Waals surface area (Å²) in [6.45, 7) is 0. The van der Waals surface area contributed by atoms with Gasteiger partial charge in [-0.2, -0.15) is 5.10 Å². The summed E-state index contributed by atoms with van der Waals surface area (Å²) in [5, 5.41) is 12.9. The molecule has 0 aliphatic rings. The second-order valence-electron chi connectivity index (χ2n) is 5.68. The number of nitrogens with zero attached hydrogens (tertiary/aromatic N) is 2. The van der Waals surface area contributed by atoms with Gasteiger partial charge in [0.15, 0.2) is 10.8 Å². The SMILES string of the molecule is COc1ccc(-c2csc(NC(=O)c3n[nH]c4ccccc34)n2)c(OC)c1. The molecule has 0 aliphatic heterocycles. The number of carbonyl (C=O) groups excluding carboxylic acids is 1. The van der Waals surface area contributed by atoms with Gasteiger partial charge in [-0.1, -0.05) is 18.2 Å². The smallest absolute Gasteiger partial charge is 0.278 e. The highest BCUT2D eigenvalue weighted by atomic mass is 32.1. The summed E-state index contributed by atoms with van der Waals surface area (Å²) >= 11 is 1.34. The van der Waals surface area contributed by atoms with Gasteiger partial charge in [-0.05, 0) is 18.2 Å². The minimum Gasteiger partial charge on any atom is -0.497 e. The van der Waals surface area contributed by atoms with Gasteiger partial charge in [0.25, 0.3) is 5.91 Å². The van der Waals surface area contributed by atoms with E-state index in [1.807, 2.05) is 41.8 Å². The minimum absolute atomic E-state index is 0.310. The molecule has 0 unspecified atom stereocenters. The van der Waals surface area contributed by atoms with Crippen molar-refractivity contribution >= 4 is 33.3 Å². The molecule has 136 valence electrons. The topological polar surface area (TPSA) is 89.1 Å². The fraction of sp³-hybridized carbons (Fsp3) is 0.105. The second kappa shape index (κ2) is 7.08. The number of carbonyl (C=O) groups is 1. The fourth-order valence-electron chi connectivity index (χ4n) is 2.76. The quantitative estimate of drug-likeness (QED) is 0.547. The zero-order valence-corrected chi connectivity index (χ0v) is 15.5. The summed E-state index contributed by atoms with van der Waals surface area (Å²) in [5.41, 5.74) is 2.68. The average Bonchev–Trinajstić information content (AvgIpc) is 3.34. The Balaban J connectivity index is 1.59. The predicted octanol–water partition coefficient (Wildman–Crippen LogP) is 3.96. The molecule has 0 fully saturated rings. The highest BCUT2D eigenvalue weighted by Gasteiger charge is 2.17. The Morgan fingerprint density at radius 2 is 2.00 bits per heavy atom. The first kappa shape index (κ1) is 17.0. The zero-order chi connectivity index (χ0) is 18.8. The van der Waals surface area contributed by atoms with Crippen LogP contribution in [0.15, 0.2) is 47.8 Å². The normalized spacial score (nSPS) is 10.7. The van der Waals surface area contributed by atoms with Crippen molar-refractivity contribution in [3.8, 4) is 22.8 Å². The lowest BCUT2D eigenvalue weighted by Crippen LogP contribution is -2.12. The maximum Gasteiger partial charge on any atom is 0.278 e. The Bertz CT molecular complexity index is 1120. The van der Waals surface area contributed by atoms with Crippen LogP contribution in [0.25, 0.3) is 22.2 Å². The van der Waals surface area contributed by atoms with Crippen LogP contribution >= 0.6 is 11.3 Å². The van der Waals surface area contributed by atoms with Crippen LogP contribution in [0, 0.1) is 0 Å². The molecule has 0 radical (unpaired) electrons. The van der Waals surface area contributed by atoms with Crippen LogP contribution in [0.5, 0.6) is 11.5 Å². The summed E-state index contributed by atoms with van der Waals surface area (Å²) in [6.07, 6.45) is 0. The van der Waals surface area contributed by atoms with E-state index in [0.29, 0.717) is 28.0 Å². The van der Waals surface area contributed by atoms with E-state index < -0.39 is 0 Å². The van der Waals surface area contributed by atoms with Gasteiger partial charge in [0.1, 0.15) is 11.5 Å². The molecule has 0 saturated carbocycles. The Kier molecular flexibility index (Phi) is 4.47. The number of aromatic amines is 1. The molecule has 7 nitrogen and oxygen atoms in total. The molecule has 0 saturated heterocycles. The average molecular weight is 380 g/mol. The van der Waals surface area contributed by atoms with Crippen molar-refractivity contribution in [2.75, 3.05) is 19.5 Å². The molecule has 2 heterocycles. The third-order valence-electron chi connectivity index (χ3n) is 4.09. The summed E-state index contributed by atoms with van der Waals surface area (Å²) in [4.78, 5) is 17.1. The summed E-state index contributed by atoms with van der Waals surface area (Å²) < 4.78 is 10.6. The van der Waals surface area contributed by atoms with Gasteiger partial charge in [0.2, 0.25) is 0 Å². The molecule has 2 aromatic carbocycles. The highest BCUT2D eigenvalue weighted by molar-refractivity contribution is 7.14. The molecule has 2 aromatic heterocycles. The van der Waals surface area contributed by atoms with E-state index in [9.17, 15) is 4.79 Å². The van der Waals surface area contributed by atoms with Crippen molar-refractivity contribution in [2.45, 2.75) is 0 Å². The second-order valence-corrected chi connectivity index (χ2v) is 6.53. The third-order valence-corrected chi connectivity index (χ3v) is 4.85. The number of fused-ring (bicyclic) bond motifs is 1. The van der Waals surface area contributed by atoms with Crippen LogP contribution in [-0.4, -0.2) is 35.3 Å². The number of thiazole rings is 1. The van der Waals surface area contributed by atoms with E-state index in [1.165, 1.54) is 11.3 Å². The summed E-state index contributed by atoms with van der Waals surface area (Å²) in [6, 6.07) is 13.0. The number of para-hydroxylation sites is 1. The Hall–Kier alpha value is -3.39. The number of methoxy groups -OCH3 is 2. The van der Waals surface area contributed by atoms with Crippen molar-refractivity contribution in [3.63, 3.8) is 0 Å². The number of rotatable bonds is 5. The first-order valence-electron chi connectivity index (χ1n) is 8.12. The number of hydrogen-bond donors (Lipinski definition) is 2. The molecule has 4 rings (SSSR count). The van der Waals surface area contributed by atoms with E-state index in [1.54, 1.807) is 20.3 Å². The van der Waals surface area contributed by atoms with Crippen LogP contribution in [0.3, 0.4) is 0 Å². The van der Waals surface area contributed by atoms with Crippen molar-refractivity contribution in [1.82, 2.24) is 15.2 Å². The van der Waals surface area contributed by atoms with E-state index in [-0.39, 0.29) is 5.91 Å². The number of benzene rings is 2. The van der Waals surface area contributed by atoms with Gasteiger partial charge in [-0.15, -0.1) is 11.3 Å². The highest BCUT2D eigenvalue weighted by Crippen LogP contribution is 2.35. The molecule has 0 aliphatic carbocycles. The van der Waals surface area contributed by atoms with E-state index >= 15 is 0 Å².